The van der Waals surface area contributed by atoms with Gasteiger partial charge in [0.2, 0.25) is 5.91 Å². The molecule has 2 aliphatic carbocycles. The second-order valence-electron chi connectivity index (χ2n) is 9.64. The van der Waals surface area contributed by atoms with Gasteiger partial charge in [-0.2, -0.15) is 0 Å². The fourth-order valence-electron chi connectivity index (χ4n) is 5.38. The number of rotatable bonds is 6. The highest BCUT2D eigenvalue weighted by molar-refractivity contribution is 5.83. The number of carbonyl (C=O) groups excluding carboxylic acids is 1. The average Bonchev–Trinajstić information content (AvgIpc) is 3.32. The summed E-state index contributed by atoms with van der Waals surface area (Å²) in [5, 5.41) is 1.19. The lowest BCUT2D eigenvalue weighted by molar-refractivity contribution is -0.130. The predicted molar refractivity (Wildman–Crippen MR) is 115 cm³/mol. The van der Waals surface area contributed by atoms with Crippen LogP contribution in [0.3, 0.4) is 0 Å². The molecule has 2 heterocycles. The van der Waals surface area contributed by atoms with Crippen LogP contribution in [0.25, 0.3) is 10.9 Å². The Labute approximate surface area is 173 Å². The normalized spacial score (nSPS) is 29.6. The van der Waals surface area contributed by atoms with Crippen molar-refractivity contribution >= 4 is 16.8 Å². The fraction of sp³-hybridized carbons (Fsp3) is 0.625. The van der Waals surface area contributed by atoms with Crippen LogP contribution in [0.2, 0.25) is 0 Å². The summed E-state index contributed by atoms with van der Waals surface area (Å²) in [6, 6.07) is 10.8. The fourth-order valence-corrected chi connectivity index (χ4v) is 5.38. The summed E-state index contributed by atoms with van der Waals surface area (Å²) < 4.78 is 8.46. The third kappa shape index (κ3) is 3.95. The Morgan fingerprint density at radius 2 is 1.86 bits per heavy atom. The summed E-state index contributed by atoms with van der Waals surface area (Å²) >= 11 is 0. The molecule has 5 nitrogen and oxygen atoms in total. The maximum absolute atomic E-state index is 13.1. The standard InChI is InChI=1S/C24H33N3O2/c1-25(2)22-11-19-13-27(14-20(19)12-23(22)29-16-17-7-8-17)24(28)15-26-10-9-18-5-3-4-6-21(18)26/h3-6,9-10,17,19-20,22-23H,7-8,11-16H2,1-2H3/t19-,20+,22-,23-/m1/s1. The van der Waals surface area contributed by atoms with Gasteiger partial charge >= 0.3 is 0 Å². The number of fused-ring (bicyclic) bond motifs is 2. The van der Waals surface area contributed by atoms with Crippen LogP contribution < -0.4 is 0 Å². The molecule has 4 atom stereocenters. The smallest absolute Gasteiger partial charge is 0.242 e. The third-order valence-corrected chi connectivity index (χ3v) is 7.33. The Morgan fingerprint density at radius 1 is 1.10 bits per heavy atom. The van der Waals surface area contributed by atoms with Gasteiger partial charge in [-0.1, -0.05) is 18.2 Å². The average molecular weight is 396 g/mol. The summed E-state index contributed by atoms with van der Waals surface area (Å²) in [6.45, 7) is 3.16. The number of likely N-dealkylation sites (N-methyl/N-ethyl adjacent to an activating group) is 1. The Bertz CT molecular complexity index is 872. The highest BCUT2D eigenvalue weighted by Crippen LogP contribution is 2.40. The van der Waals surface area contributed by atoms with Gasteiger partial charge in [0.15, 0.2) is 0 Å². The maximum atomic E-state index is 13.1. The van der Waals surface area contributed by atoms with E-state index < -0.39 is 0 Å². The number of nitrogens with zero attached hydrogens (tertiary/aromatic N) is 3. The number of para-hydroxylation sites is 1. The Balaban J connectivity index is 1.24. The second-order valence-corrected chi connectivity index (χ2v) is 9.64. The van der Waals surface area contributed by atoms with Crippen LogP contribution in [0.4, 0.5) is 0 Å². The van der Waals surface area contributed by atoms with Crippen LogP contribution in [0.1, 0.15) is 25.7 Å². The van der Waals surface area contributed by atoms with Crippen molar-refractivity contribution in [2.24, 2.45) is 17.8 Å². The van der Waals surface area contributed by atoms with Gasteiger partial charge in [-0.05, 0) is 75.1 Å². The molecule has 1 aromatic carbocycles. The molecular formula is C24H33N3O2. The molecule has 29 heavy (non-hydrogen) atoms. The van der Waals surface area contributed by atoms with Crippen LogP contribution in [-0.2, 0) is 16.1 Å². The van der Waals surface area contributed by atoms with E-state index in [1.165, 1.54) is 18.2 Å². The molecule has 5 rings (SSSR count). The van der Waals surface area contributed by atoms with Gasteiger partial charge in [0.25, 0.3) is 0 Å². The molecule has 2 saturated carbocycles. The molecule has 3 fully saturated rings. The molecule has 1 saturated heterocycles. The summed E-state index contributed by atoms with van der Waals surface area (Å²) in [6.07, 6.45) is 7.26. The SMILES string of the molecule is CN(C)[C@@H]1C[C@@H]2CN(C(=O)Cn3ccc4ccccc43)C[C@@H]2C[C@H]1OCC1CC1. The van der Waals surface area contributed by atoms with E-state index in [0.29, 0.717) is 30.5 Å². The quantitative estimate of drug-likeness (QED) is 0.754. The Hall–Kier alpha value is -1.85. The van der Waals surface area contributed by atoms with Gasteiger partial charge in [-0.25, -0.2) is 0 Å². The van der Waals surface area contributed by atoms with Crippen molar-refractivity contribution in [3.8, 4) is 0 Å². The number of benzene rings is 1. The van der Waals surface area contributed by atoms with Gasteiger partial charge in [0.05, 0.1) is 6.10 Å². The molecule has 0 unspecified atom stereocenters. The van der Waals surface area contributed by atoms with E-state index in [1.54, 1.807) is 0 Å². The first kappa shape index (κ1) is 19.1. The van der Waals surface area contributed by atoms with Crippen molar-refractivity contribution < 1.29 is 9.53 Å². The molecule has 0 spiro atoms. The molecule has 0 radical (unpaired) electrons. The molecule has 2 aromatic rings. The van der Waals surface area contributed by atoms with Crippen LogP contribution >= 0.6 is 0 Å². The zero-order valence-electron chi connectivity index (χ0n) is 17.7. The van der Waals surface area contributed by atoms with E-state index in [4.69, 9.17) is 4.74 Å². The number of ether oxygens (including phenoxy) is 1. The highest BCUT2D eigenvalue weighted by Gasteiger charge is 2.44. The molecule has 3 aliphatic rings. The number of likely N-dealkylation sites (tertiary alicyclic amines) is 1. The van der Waals surface area contributed by atoms with E-state index in [1.807, 2.05) is 18.3 Å². The number of hydrogen-bond acceptors (Lipinski definition) is 3. The molecule has 5 heteroatoms. The number of hydrogen-bond donors (Lipinski definition) is 0. The van der Waals surface area contributed by atoms with Crippen molar-refractivity contribution in [2.45, 2.75) is 44.4 Å². The van der Waals surface area contributed by atoms with Crippen molar-refractivity contribution in [3.63, 3.8) is 0 Å². The second kappa shape index (κ2) is 7.77. The lowest BCUT2D eigenvalue weighted by Crippen LogP contribution is -2.48. The molecular weight excluding hydrogens is 362 g/mol. The van der Waals surface area contributed by atoms with Crippen LogP contribution in [0, 0.1) is 17.8 Å². The van der Waals surface area contributed by atoms with Crippen molar-refractivity contribution in [3.05, 3.63) is 36.5 Å². The van der Waals surface area contributed by atoms with Crippen LogP contribution in [0.15, 0.2) is 36.5 Å². The minimum atomic E-state index is 0.248. The first-order valence-electron chi connectivity index (χ1n) is 11.2. The van der Waals surface area contributed by atoms with Crippen molar-refractivity contribution in [1.29, 1.82) is 0 Å². The van der Waals surface area contributed by atoms with Gasteiger partial charge in [-0.3, -0.25) is 4.79 Å². The molecule has 156 valence electrons. The predicted octanol–water partition coefficient (Wildman–Crippen LogP) is 3.24. The van der Waals surface area contributed by atoms with Crippen molar-refractivity contribution in [1.82, 2.24) is 14.4 Å². The van der Waals surface area contributed by atoms with Gasteiger partial charge < -0.3 is 19.1 Å². The lowest BCUT2D eigenvalue weighted by atomic mass is 9.77. The summed E-state index contributed by atoms with van der Waals surface area (Å²) in [5.41, 5.74) is 1.14. The Kier molecular flexibility index (Phi) is 5.12. The monoisotopic (exact) mass is 395 g/mol. The zero-order chi connectivity index (χ0) is 20.0. The topological polar surface area (TPSA) is 37.7 Å². The first-order chi connectivity index (χ1) is 14.1. The minimum Gasteiger partial charge on any atom is -0.376 e. The van der Waals surface area contributed by atoms with E-state index in [2.05, 4.69) is 46.7 Å². The van der Waals surface area contributed by atoms with E-state index >= 15 is 0 Å². The van der Waals surface area contributed by atoms with E-state index in [9.17, 15) is 4.79 Å². The third-order valence-electron chi connectivity index (χ3n) is 7.33. The number of aromatic nitrogens is 1. The van der Waals surface area contributed by atoms with Crippen molar-refractivity contribution in [2.75, 3.05) is 33.8 Å². The van der Waals surface area contributed by atoms with Crippen LogP contribution in [-0.4, -0.2) is 66.2 Å². The molecule has 1 aliphatic heterocycles. The largest absolute Gasteiger partial charge is 0.376 e. The highest BCUT2D eigenvalue weighted by atomic mass is 16.5. The summed E-state index contributed by atoms with van der Waals surface area (Å²) in [5.74, 6) is 2.24. The van der Waals surface area contributed by atoms with E-state index in [0.717, 1.165) is 44.0 Å². The first-order valence-corrected chi connectivity index (χ1v) is 11.2. The van der Waals surface area contributed by atoms with Gasteiger partial charge in [0, 0.05) is 37.5 Å². The summed E-state index contributed by atoms with van der Waals surface area (Å²) in [4.78, 5) is 17.5. The summed E-state index contributed by atoms with van der Waals surface area (Å²) in [7, 11) is 4.35. The minimum absolute atomic E-state index is 0.248. The number of amides is 1. The maximum Gasteiger partial charge on any atom is 0.242 e. The molecule has 1 amide bonds. The van der Waals surface area contributed by atoms with Gasteiger partial charge in [-0.15, -0.1) is 0 Å². The molecule has 0 bridgehead atoms. The molecule has 0 N–H and O–H groups in total. The molecule has 1 aromatic heterocycles. The van der Waals surface area contributed by atoms with E-state index in [-0.39, 0.29) is 5.91 Å². The Morgan fingerprint density at radius 3 is 2.62 bits per heavy atom. The van der Waals surface area contributed by atoms with Crippen LogP contribution in [0.5, 0.6) is 0 Å². The lowest BCUT2D eigenvalue weighted by Gasteiger charge is -2.41. The van der Waals surface area contributed by atoms with Gasteiger partial charge in [0.1, 0.15) is 6.54 Å². The number of carbonyl (C=O) groups is 1. The zero-order valence-corrected chi connectivity index (χ0v) is 17.7.